The van der Waals surface area contributed by atoms with Crippen LogP contribution in [-0.4, -0.2) is 6.03 Å². The first kappa shape index (κ1) is 11.0. The molecule has 1 aromatic rings. The van der Waals surface area contributed by atoms with Crippen LogP contribution in [0.2, 0.25) is 5.02 Å². The van der Waals surface area contributed by atoms with Gasteiger partial charge in [0.15, 0.2) is 0 Å². The SMILES string of the molecule is O=C(N/C=C/C1CC1)Nc1ccccc1Cl. The lowest BCUT2D eigenvalue weighted by atomic mass is 10.3. The molecule has 1 fully saturated rings. The Morgan fingerprint density at radius 3 is 2.81 bits per heavy atom. The Bertz CT molecular complexity index is 413. The molecule has 4 heteroatoms. The minimum Gasteiger partial charge on any atom is -0.315 e. The highest BCUT2D eigenvalue weighted by atomic mass is 35.5. The lowest BCUT2D eigenvalue weighted by Gasteiger charge is -2.05. The smallest absolute Gasteiger partial charge is 0.315 e. The fourth-order valence-electron chi connectivity index (χ4n) is 1.27. The predicted octanol–water partition coefficient (Wildman–Crippen LogP) is 3.39. The number of rotatable bonds is 3. The summed E-state index contributed by atoms with van der Waals surface area (Å²) in [6.07, 6.45) is 6.14. The molecule has 0 unspecified atom stereocenters. The Kier molecular flexibility index (Phi) is 3.47. The third-order valence-electron chi connectivity index (χ3n) is 2.33. The standard InChI is InChI=1S/C12H13ClN2O/c13-10-3-1-2-4-11(10)15-12(16)14-8-7-9-5-6-9/h1-4,7-9H,5-6H2,(H2,14,15,16)/b8-7+. The van der Waals surface area contributed by atoms with E-state index in [0.29, 0.717) is 16.6 Å². The highest BCUT2D eigenvalue weighted by Gasteiger charge is 2.17. The maximum Gasteiger partial charge on any atom is 0.323 e. The lowest BCUT2D eigenvalue weighted by Crippen LogP contribution is -2.23. The molecule has 84 valence electrons. The van der Waals surface area contributed by atoms with Gasteiger partial charge in [0.2, 0.25) is 0 Å². The van der Waals surface area contributed by atoms with Crippen molar-refractivity contribution in [3.63, 3.8) is 0 Å². The van der Waals surface area contributed by atoms with Crippen LogP contribution in [0.15, 0.2) is 36.5 Å². The Labute approximate surface area is 99.5 Å². The number of urea groups is 1. The maximum absolute atomic E-state index is 11.4. The maximum atomic E-state index is 11.4. The van der Waals surface area contributed by atoms with E-state index in [-0.39, 0.29) is 6.03 Å². The summed E-state index contributed by atoms with van der Waals surface area (Å²) in [4.78, 5) is 11.4. The average Bonchev–Trinajstić information content (AvgIpc) is 3.05. The van der Waals surface area contributed by atoms with Crippen molar-refractivity contribution in [2.75, 3.05) is 5.32 Å². The van der Waals surface area contributed by atoms with Gasteiger partial charge in [0.25, 0.3) is 0 Å². The molecule has 1 aliphatic carbocycles. The summed E-state index contributed by atoms with van der Waals surface area (Å²) in [5.74, 6) is 0.653. The summed E-state index contributed by atoms with van der Waals surface area (Å²) in [5, 5.41) is 5.84. The van der Waals surface area contributed by atoms with E-state index in [2.05, 4.69) is 10.6 Å². The van der Waals surface area contributed by atoms with Crippen LogP contribution in [-0.2, 0) is 0 Å². The first-order chi connectivity index (χ1) is 7.75. The van der Waals surface area contributed by atoms with Crippen LogP contribution in [0.1, 0.15) is 12.8 Å². The second-order valence-corrected chi connectivity index (χ2v) is 4.18. The molecule has 0 aromatic heterocycles. The van der Waals surface area contributed by atoms with E-state index in [1.807, 2.05) is 18.2 Å². The average molecular weight is 237 g/mol. The number of halogens is 1. The largest absolute Gasteiger partial charge is 0.323 e. The number of amides is 2. The van der Waals surface area contributed by atoms with Crippen molar-refractivity contribution in [2.45, 2.75) is 12.8 Å². The first-order valence-corrected chi connectivity index (χ1v) is 5.62. The molecule has 0 bridgehead atoms. The van der Waals surface area contributed by atoms with E-state index in [9.17, 15) is 4.79 Å². The van der Waals surface area contributed by atoms with Gasteiger partial charge in [0.1, 0.15) is 0 Å². The number of benzene rings is 1. The minimum atomic E-state index is -0.273. The van der Waals surface area contributed by atoms with E-state index in [0.717, 1.165) is 0 Å². The summed E-state index contributed by atoms with van der Waals surface area (Å²) < 4.78 is 0. The minimum absolute atomic E-state index is 0.273. The highest BCUT2D eigenvalue weighted by molar-refractivity contribution is 6.33. The molecule has 1 aromatic carbocycles. The molecule has 1 aliphatic rings. The molecule has 0 aliphatic heterocycles. The highest BCUT2D eigenvalue weighted by Crippen LogP contribution is 2.29. The number of hydrogen-bond donors (Lipinski definition) is 2. The molecule has 0 spiro atoms. The van der Waals surface area contributed by atoms with E-state index >= 15 is 0 Å². The van der Waals surface area contributed by atoms with Crippen LogP contribution in [0.25, 0.3) is 0 Å². The summed E-state index contributed by atoms with van der Waals surface area (Å²) in [5.41, 5.74) is 0.612. The summed E-state index contributed by atoms with van der Waals surface area (Å²) >= 11 is 5.90. The van der Waals surface area contributed by atoms with Crippen molar-refractivity contribution in [2.24, 2.45) is 5.92 Å². The Morgan fingerprint density at radius 1 is 1.38 bits per heavy atom. The molecule has 2 N–H and O–H groups in total. The van der Waals surface area contributed by atoms with Crippen LogP contribution < -0.4 is 10.6 Å². The normalized spacial score (nSPS) is 15.1. The van der Waals surface area contributed by atoms with Crippen LogP contribution in [0, 0.1) is 5.92 Å². The zero-order chi connectivity index (χ0) is 11.4. The van der Waals surface area contributed by atoms with Gasteiger partial charge in [0.05, 0.1) is 10.7 Å². The van der Waals surface area contributed by atoms with Crippen molar-refractivity contribution in [3.8, 4) is 0 Å². The van der Waals surface area contributed by atoms with E-state index in [1.165, 1.54) is 12.8 Å². The number of hydrogen-bond acceptors (Lipinski definition) is 1. The van der Waals surface area contributed by atoms with Gasteiger partial charge in [-0.3, -0.25) is 0 Å². The summed E-state index contributed by atoms with van der Waals surface area (Å²) in [6, 6.07) is 6.86. The van der Waals surface area contributed by atoms with E-state index in [1.54, 1.807) is 18.3 Å². The van der Waals surface area contributed by atoms with Crippen LogP contribution in [0.5, 0.6) is 0 Å². The fourth-order valence-corrected chi connectivity index (χ4v) is 1.45. The second kappa shape index (κ2) is 5.03. The number of carbonyl (C=O) groups excluding carboxylic acids is 1. The number of anilines is 1. The van der Waals surface area contributed by atoms with Crippen molar-refractivity contribution in [1.82, 2.24) is 5.32 Å². The number of carbonyl (C=O) groups is 1. The molecular weight excluding hydrogens is 224 g/mol. The molecule has 16 heavy (non-hydrogen) atoms. The molecule has 2 rings (SSSR count). The number of nitrogens with one attached hydrogen (secondary N) is 2. The Balaban J connectivity index is 1.84. The topological polar surface area (TPSA) is 41.1 Å². The molecular formula is C12H13ClN2O. The van der Waals surface area contributed by atoms with Crippen molar-refractivity contribution >= 4 is 23.3 Å². The second-order valence-electron chi connectivity index (χ2n) is 3.77. The van der Waals surface area contributed by atoms with E-state index < -0.39 is 0 Å². The Hall–Kier alpha value is -1.48. The third-order valence-corrected chi connectivity index (χ3v) is 2.66. The van der Waals surface area contributed by atoms with Gasteiger partial charge in [0, 0.05) is 6.20 Å². The van der Waals surface area contributed by atoms with Gasteiger partial charge in [-0.2, -0.15) is 0 Å². The molecule has 0 atom stereocenters. The van der Waals surface area contributed by atoms with Gasteiger partial charge >= 0.3 is 6.03 Å². The molecule has 3 nitrogen and oxygen atoms in total. The van der Waals surface area contributed by atoms with Gasteiger partial charge in [-0.05, 0) is 30.9 Å². The third kappa shape index (κ3) is 3.28. The molecule has 2 amide bonds. The van der Waals surface area contributed by atoms with Gasteiger partial charge in [-0.25, -0.2) is 4.79 Å². The fraction of sp³-hybridized carbons (Fsp3) is 0.250. The Morgan fingerprint density at radius 2 is 2.12 bits per heavy atom. The van der Waals surface area contributed by atoms with Crippen molar-refractivity contribution in [1.29, 1.82) is 0 Å². The summed E-state index contributed by atoms with van der Waals surface area (Å²) in [6.45, 7) is 0. The zero-order valence-corrected chi connectivity index (χ0v) is 9.50. The quantitative estimate of drug-likeness (QED) is 0.830. The van der Waals surface area contributed by atoms with Crippen LogP contribution in [0.4, 0.5) is 10.5 Å². The van der Waals surface area contributed by atoms with Gasteiger partial charge in [-0.1, -0.05) is 29.8 Å². The zero-order valence-electron chi connectivity index (χ0n) is 8.74. The summed E-state index contributed by atoms with van der Waals surface area (Å²) in [7, 11) is 0. The molecule has 0 saturated heterocycles. The van der Waals surface area contributed by atoms with Crippen molar-refractivity contribution < 1.29 is 4.79 Å². The van der Waals surface area contributed by atoms with Gasteiger partial charge in [-0.15, -0.1) is 0 Å². The van der Waals surface area contributed by atoms with Gasteiger partial charge < -0.3 is 10.6 Å². The lowest BCUT2D eigenvalue weighted by molar-refractivity contribution is 0.255. The molecule has 0 heterocycles. The van der Waals surface area contributed by atoms with Crippen molar-refractivity contribution in [3.05, 3.63) is 41.6 Å². The molecule has 0 radical (unpaired) electrons. The van der Waals surface area contributed by atoms with Crippen LogP contribution >= 0.6 is 11.6 Å². The number of allylic oxidation sites excluding steroid dienone is 1. The van der Waals surface area contributed by atoms with Crippen LogP contribution in [0.3, 0.4) is 0 Å². The number of para-hydroxylation sites is 1. The predicted molar refractivity (Wildman–Crippen MR) is 65.5 cm³/mol. The first-order valence-electron chi connectivity index (χ1n) is 5.24. The molecule has 1 saturated carbocycles. The van der Waals surface area contributed by atoms with E-state index in [4.69, 9.17) is 11.6 Å². The monoisotopic (exact) mass is 236 g/mol.